The van der Waals surface area contributed by atoms with Gasteiger partial charge in [0, 0.05) is 10.9 Å². The van der Waals surface area contributed by atoms with E-state index in [4.69, 9.17) is 4.74 Å². The van der Waals surface area contributed by atoms with Gasteiger partial charge in [-0.25, -0.2) is 0 Å². The van der Waals surface area contributed by atoms with Gasteiger partial charge in [-0.1, -0.05) is 66.7 Å². The minimum atomic E-state index is -4.92. The summed E-state index contributed by atoms with van der Waals surface area (Å²) in [5, 5.41) is 4.60. The molecule has 0 bridgehead atoms. The van der Waals surface area contributed by atoms with Crippen LogP contribution in [0, 0.1) is 0 Å². The molecule has 0 atom stereocenters. The first-order valence-corrected chi connectivity index (χ1v) is 11.3. The Morgan fingerprint density at radius 1 is 0.711 bits per heavy atom. The number of benzene rings is 4. The Morgan fingerprint density at radius 3 is 2.11 bits per heavy atom. The van der Waals surface area contributed by atoms with Crippen molar-refractivity contribution in [1.29, 1.82) is 0 Å². The van der Waals surface area contributed by atoms with Crippen molar-refractivity contribution in [1.82, 2.24) is 9.78 Å². The SMILES string of the molecule is FC(F)(F)Oc1ccccc1Oc1cccc(-c2c3cccc(C(F)(F)F)c3nn2Cc2ccccc2)c1. The lowest BCUT2D eigenvalue weighted by Gasteiger charge is -2.14. The first kappa shape index (κ1) is 25.2. The van der Waals surface area contributed by atoms with Crippen LogP contribution in [0.25, 0.3) is 22.2 Å². The van der Waals surface area contributed by atoms with E-state index in [1.165, 1.54) is 41.1 Å². The van der Waals surface area contributed by atoms with Gasteiger partial charge < -0.3 is 9.47 Å². The van der Waals surface area contributed by atoms with E-state index >= 15 is 0 Å². The Balaban J connectivity index is 1.61. The summed E-state index contributed by atoms with van der Waals surface area (Å²) in [5.41, 5.74) is 0.616. The Kier molecular flexibility index (Phi) is 6.48. The third kappa shape index (κ3) is 5.44. The molecule has 5 rings (SSSR count). The maximum Gasteiger partial charge on any atom is 0.573 e. The number of fused-ring (bicyclic) bond motifs is 1. The van der Waals surface area contributed by atoms with Crippen LogP contribution in [0.1, 0.15) is 11.1 Å². The number of ether oxygens (including phenoxy) is 2. The fourth-order valence-corrected chi connectivity index (χ4v) is 4.13. The summed E-state index contributed by atoms with van der Waals surface area (Å²) in [6.45, 7) is 0.190. The van der Waals surface area contributed by atoms with E-state index < -0.39 is 23.9 Å². The zero-order valence-corrected chi connectivity index (χ0v) is 19.4. The van der Waals surface area contributed by atoms with Gasteiger partial charge in [0.05, 0.1) is 17.8 Å². The van der Waals surface area contributed by atoms with Crippen LogP contribution >= 0.6 is 0 Å². The topological polar surface area (TPSA) is 36.3 Å². The minimum absolute atomic E-state index is 0.160. The van der Waals surface area contributed by atoms with E-state index in [0.29, 0.717) is 11.3 Å². The highest BCUT2D eigenvalue weighted by Crippen LogP contribution is 2.40. The molecule has 0 amide bonds. The molecule has 0 aliphatic heterocycles. The quantitative estimate of drug-likeness (QED) is 0.208. The maximum atomic E-state index is 13.8. The van der Waals surface area contributed by atoms with Gasteiger partial charge in [0.2, 0.25) is 0 Å². The molecular formula is C28H18F6N2O2. The molecule has 0 N–H and O–H groups in total. The molecule has 0 aliphatic carbocycles. The Morgan fingerprint density at radius 2 is 1.39 bits per heavy atom. The average Bonchev–Trinajstić information content (AvgIpc) is 3.22. The van der Waals surface area contributed by atoms with Crippen molar-refractivity contribution in [2.45, 2.75) is 19.1 Å². The van der Waals surface area contributed by atoms with Crippen LogP contribution in [0.15, 0.2) is 97.1 Å². The lowest BCUT2D eigenvalue weighted by molar-refractivity contribution is -0.275. The maximum absolute atomic E-state index is 13.8. The molecule has 0 spiro atoms. The normalized spacial score (nSPS) is 12.1. The summed E-state index contributed by atoms with van der Waals surface area (Å²) in [5.74, 6) is -0.544. The van der Waals surface area contributed by atoms with Crippen LogP contribution in [0.2, 0.25) is 0 Å². The summed E-state index contributed by atoms with van der Waals surface area (Å²) in [6.07, 6.45) is -9.53. The second-order valence-corrected chi connectivity index (χ2v) is 8.32. The van der Waals surface area contributed by atoms with E-state index in [1.54, 1.807) is 18.2 Å². The molecule has 0 saturated heterocycles. The van der Waals surface area contributed by atoms with E-state index in [0.717, 1.165) is 17.7 Å². The minimum Gasteiger partial charge on any atom is -0.453 e. The predicted octanol–water partition coefficient (Wildman–Crippen LogP) is 8.46. The van der Waals surface area contributed by atoms with E-state index in [2.05, 4.69) is 9.84 Å². The van der Waals surface area contributed by atoms with Crippen molar-refractivity contribution in [2.75, 3.05) is 0 Å². The molecule has 5 aromatic rings. The second kappa shape index (κ2) is 9.77. The molecule has 4 aromatic carbocycles. The summed E-state index contributed by atoms with van der Waals surface area (Å²) in [4.78, 5) is 0. The van der Waals surface area contributed by atoms with Crippen LogP contribution in [-0.2, 0) is 12.7 Å². The molecule has 1 heterocycles. The van der Waals surface area contributed by atoms with Crippen LogP contribution in [-0.4, -0.2) is 16.1 Å². The lowest BCUT2D eigenvalue weighted by Crippen LogP contribution is -2.17. The van der Waals surface area contributed by atoms with Crippen LogP contribution in [0.3, 0.4) is 0 Å². The van der Waals surface area contributed by atoms with Crippen LogP contribution in [0.4, 0.5) is 26.3 Å². The highest BCUT2D eigenvalue weighted by Gasteiger charge is 2.35. The van der Waals surface area contributed by atoms with Gasteiger partial charge in [0.1, 0.15) is 11.3 Å². The standard InChI is InChI=1S/C28H18F6N2O2/c29-27(30,31)22-13-7-12-21-25(22)35-36(17-18-8-2-1-3-9-18)26(21)19-10-6-11-20(16-19)37-23-14-4-5-15-24(23)38-28(32,33)34/h1-16H,17H2. The Bertz CT molecular complexity index is 1580. The molecule has 0 unspecified atom stereocenters. The number of halogens is 6. The van der Waals surface area contributed by atoms with E-state index in [9.17, 15) is 26.3 Å². The van der Waals surface area contributed by atoms with E-state index in [-0.39, 0.29) is 28.9 Å². The van der Waals surface area contributed by atoms with E-state index in [1.807, 2.05) is 30.3 Å². The zero-order chi connectivity index (χ0) is 26.9. The lowest BCUT2D eigenvalue weighted by atomic mass is 10.0. The van der Waals surface area contributed by atoms with Gasteiger partial charge in [-0.3, -0.25) is 4.68 Å². The summed E-state index contributed by atoms with van der Waals surface area (Å²) >= 11 is 0. The molecule has 1 aromatic heterocycles. The summed E-state index contributed by atoms with van der Waals surface area (Å²) in [6, 6.07) is 24.6. The highest BCUT2D eigenvalue weighted by molar-refractivity contribution is 5.95. The van der Waals surface area contributed by atoms with Gasteiger partial charge in [-0.05, 0) is 35.9 Å². The molecule has 10 heteroatoms. The summed E-state index contributed by atoms with van der Waals surface area (Å²) in [7, 11) is 0. The molecular weight excluding hydrogens is 510 g/mol. The third-order valence-electron chi connectivity index (χ3n) is 5.66. The number of aromatic nitrogens is 2. The van der Waals surface area contributed by atoms with Crippen molar-refractivity contribution in [3.05, 3.63) is 108 Å². The van der Waals surface area contributed by atoms with Gasteiger partial charge >= 0.3 is 12.5 Å². The fraction of sp³-hybridized carbons (Fsp3) is 0.107. The molecule has 4 nitrogen and oxygen atoms in total. The number of hydrogen-bond donors (Lipinski definition) is 0. The number of rotatable bonds is 6. The van der Waals surface area contributed by atoms with Crippen molar-refractivity contribution < 1.29 is 35.8 Å². The monoisotopic (exact) mass is 528 g/mol. The zero-order valence-electron chi connectivity index (χ0n) is 19.4. The number of alkyl halides is 6. The highest BCUT2D eigenvalue weighted by atomic mass is 19.4. The molecule has 38 heavy (non-hydrogen) atoms. The summed E-state index contributed by atoms with van der Waals surface area (Å²) < 4.78 is 91.1. The van der Waals surface area contributed by atoms with Gasteiger partial charge in [-0.2, -0.15) is 18.3 Å². The Hall–Kier alpha value is -4.47. The van der Waals surface area contributed by atoms with Crippen molar-refractivity contribution in [3.63, 3.8) is 0 Å². The van der Waals surface area contributed by atoms with Crippen LogP contribution in [0.5, 0.6) is 17.2 Å². The van der Waals surface area contributed by atoms with Crippen molar-refractivity contribution in [3.8, 4) is 28.5 Å². The number of para-hydroxylation sites is 2. The fourth-order valence-electron chi connectivity index (χ4n) is 4.13. The Labute approximate surface area is 212 Å². The predicted molar refractivity (Wildman–Crippen MR) is 129 cm³/mol. The molecule has 0 radical (unpaired) electrons. The van der Waals surface area contributed by atoms with Crippen molar-refractivity contribution >= 4 is 10.9 Å². The molecule has 0 saturated carbocycles. The molecule has 0 fully saturated rings. The smallest absolute Gasteiger partial charge is 0.453 e. The van der Waals surface area contributed by atoms with Gasteiger partial charge in [0.25, 0.3) is 0 Å². The van der Waals surface area contributed by atoms with Crippen molar-refractivity contribution in [2.24, 2.45) is 0 Å². The number of hydrogen-bond acceptors (Lipinski definition) is 3. The largest absolute Gasteiger partial charge is 0.573 e. The second-order valence-electron chi connectivity index (χ2n) is 8.32. The first-order valence-electron chi connectivity index (χ1n) is 11.3. The third-order valence-corrected chi connectivity index (χ3v) is 5.66. The van der Waals surface area contributed by atoms with Gasteiger partial charge in [0.15, 0.2) is 11.5 Å². The molecule has 194 valence electrons. The van der Waals surface area contributed by atoms with Gasteiger partial charge in [-0.15, -0.1) is 13.2 Å². The number of nitrogens with zero attached hydrogens (tertiary/aromatic N) is 2. The van der Waals surface area contributed by atoms with Crippen LogP contribution < -0.4 is 9.47 Å². The molecule has 0 aliphatic rings. The average molecular weight is 528 g/mol. The first-order chi connectivity index (χ1) is 18.1.